The lowest BCUT2D eigenvalue weighted by atomic mass is 10.1. The fourth-order valence-electron chi connectivity index (χ4n) is 1.91. The van der Waals surface area contributed by atoms with E-state index in [1.54, 1.807) is 24.3 Å². The van der Waals surface area contributed by atoms with Gasteiger partial charge in [0.1, 0.15) is 11.7 Å². The average Bonchev–Trinajstić information content (AvgIpc) is 2.43. The molecule has 3 N–H and O–H groups in total. The largest absolute Gasteiger partial charge is 0.384 e. The van der Waals surface area contributed by atoms with Crippen LogP contribution in [0.15, 0.2) is 46.9 Å². The van der Waals surface area contributed by atoms with Crippen LogP contribution in [0, 0.1) is 11.2 Å². The fraction of sp³-hybridized carbons (Fsp3) is 0.133. The van der Waals surface area contributed by atoms with Gasteiger partial charge in [-0.3, -0.25) is 5.41 Å². The van der Waals surface area contributed by atoms with Crippen molar-refractivity contribution in [3.05, 3.63) is 63.9 Å². The highest BCUT2D eigenvalue weighted by molar-refractivity contribution is 9.10. The van der Waals surface area contributed by atoms with Gasteiger partial charge in [0, 0.05) is 34.9 Å². The summed E-state index contributed by atoms with van der Waals surface area (Å²) >= 11 is 3.35. The fourth-order valence-corrected chi connectivity index (χ4v) is 2.32. The second-order valence-corrected chi connectivity index (χ2v) is 5.47. The van der Waals surface area contributed by atoms with Gasteiger partial charge in [-0.25, -0.2) is 4.39 Å². The van der Waals surface area contributed by atoms with Gasteiger partial charge in [0.05, 0.1) is 0 Å². The van der Waals surface area contributed by atoms with Gasteiger partial charge in [0.2, 0.25) is 0 Å². The van der Waals surface area contributed by atoms with E-state index in [0.717, 1.165) is 10.2 Å². The number of nitrogens with zero attached hydrogens (tertiary/aromatic N) is 1. The maximum absolute atomic E-state index is 13.7. The summed E-state index contributed by atoms with van der Waals surface area (Å²) in [4.78, 5) is 1.94. The summed E-state index contributed by atoms with van der Waals surface area (Å²) in [5.41, 5.74) is 7.65. The molecule has 20 heavy (non-hydrogen) atoms. The lowest BCUT2D eigenvalue weighted by Gasteiger charge is -2.20. The summed E-state index contributed by atoms with van der Waals surface area (Å²) in [6.07, 6.45) is 0. The van der Waals surface area contributed by atoms with Crippen LogP contribution in [-0.2, 0) is 6.54 Å². The molecule has 0 aliphatic carbocycles. The Labute approximate surface area is 125 Å². The van der Waals surface area contributed by atoms with Gasteiger partial charge < -0.3 is 10.6 Å². The molecule has 0 radical (unpaired) electrons. The minimum atomic E-state index is -0.222. The minimum Gasteiger partial charge on any atom is -0.384 e. The molecule has 2 aromatic rings. The summed E-state index contributed by atoms with van der Waals surface area (Å²) in [5.74, 6) is -0.183. The third-order valence-corrected chi connectivity index (χ3v) is 3.53. The number of nitrogens with one attached hydrogen (secondary N) is 1. The number of hydrogen-bond acceptors (Lipinski definition) is 2. The van der Waals surface area contributed by atoms with Crippen molar-refractivity contribution < 1.29 is 4.39 Å². The van der Waals surface area contributed by atoms with Gasteiger partial charge in [0.25, 0.3) is 0 Å². The molecule has 0 aliphatic rings. The quantitative estimate of drug-likeness (QED) is 0.663. The maximum atomic E-state index is 13.7. The van der Waals surface area contributed by atoms with E-state index in [1.807, 2.05) is 24.1 Å². The van der Waals surface area contributed by atoms with E-state index in [9.17, 15) is 4.39 Å². The Bertz CT molecular complexity index is 626. The van der Waals surface area contributed by atoms with E-state index >= 15 is 0 Å². The summed E-state index contributed by atoms with van der Waals surface area (Å²) < 4.78 is 14.6. The van der Waals surface area contributed by atoms with Gasteiger partial charge in [-0.1, -0.05) is 15.9 Å². The Morgan fingerprint density at radius 2 is 1.90 bits per heavy atom. The van der Waals surface area contributed by atoms with Gasteiger partial charge in [-0.2, -0.15) is 0 Å². The SMILES string of the molecule is CN(Cc1cc(Br)ccc1F)c1ccc(C(=N)N)cc1. The molecular formula is C15H15BrFN3. The minimum absolute atomic E-state index is 0.0391. The normalized spacial score (nSPS) is 10.3. The molecule has 0 aromatic heterocycles. The first-order chi connectivity index (χ1) is 9.47. The van der Waals surface area contributed by atoms with E-state index in [2.05, 4.69) is 15.9 Å². The van der Waals surface area contributed by atoms with E-state index in [-0.39, 0.29) is 11.7 Å². The van der Waals surface area contributed by atoms with E-state index in [1.165, 1.54) is 6.07 Å². The predicted molar refractivity (Wildman–Crippen MR) is 83.7 cm³/mol. The summed E-state index contributed by atoms with van der Waals surface area (Å²) in [6, 6.07) is 12.2. The van der Waals surface area contributed by atoms with Crippen LogP contribution in [0.4, 0.5) is 10.1 Å². The molecular weight excluding hydrogens is 321 g/mol. The molecule has 0 spiro atoms. The summed E-state index contributed by atoms with van der Waals surface area (Å²) in [5, 5.41) is 7.35. The Morgan fingerprint density at radius 3 is 2.50 bits per heavy atom. The Hall–Kier alpha value is -1.88. The van der Waals surface area contributed by atoms with Crippen LogP contribution in [0.3, 0.4) is 0 Å². The number of anilines is 1. The molecule has 0 heterocycles. The van der Waals surface area contributed by atoms with Crippen LogP contribution in [0.25, 0.3) is 0 Å². The number of nitrogens with two attached hydrogens (primary N) is 1. The smallest absolute Gasteiger partial charge is 0.128 e. The predicted octanol–water partition coefficient (Wildman–Crippen LogP) is 3.51. The topological polar surface area (TPSA) is 53.1 Å². The number of benzene rings is 2. The Kier molecular flexibility index (Phi) is 4.39. The van der Waals surface area contributed by atoms with Crippen LogP contribution in [-0.4, -0.2) is 12.9 Å². The van der Waals surface area contributed by atoms with Crippen molar-refractivity contribution in [2.75, 3.05) is 11.9 Å². The van der Waals surface area contributed by atoms with Crippen LogP contribution in [0.5, 0.6) is 0 Å². The second-order valence-electron chi connectivity index (χ2n) is 4.55. The summed E-state index contributed by atoms with van der Waals surface area (Å²) in [7, 11) is 1.89. The second kappa shape index (κ2) is 6.05. The molecule has 0 saturated carbocycles. The van der Waals surface area contributed by atoms with Gasteiger partial charge in [0.15, 0.2) is 0 Å². The number of hydrogen-bond donors (Lipinski definition) is 2. The van der Waals surface area contributed by atoms with E-state index < -0.39 is 0 Å². The average molecular weight is 336 g/mol. The lowest BCUT2D eigenvalue weighted by Crippen LogP contribution is -2.18. The van der Waals surface area contributed by atoms with Crippen molar-refractivity contribution in [2.24, 2.45) is 5.73 Å². The van der Waals surface area contributed by atoms with Crippen molar-refractivity contribution in [3.63, 3.8) is 0 Å². The van der Waals surface area contributed by atoms with Crippen LogP contribution in [0.1, 0.15) is 11.1 Å². The zero-order valence-electron chi connectivity index (χ0n) is 11.0. The molecule has 0 unspecified atom stereocenters. The zero-order valence-corrected chi connectivity index (χ0v) is 12.6. The molecule has 0 saturated heterocycles. The first kappa shape index (κ1) is 14.5. The van der Waals surface area contributed by atoms with Crippen LogP contribution in [0.2, 0.25) is 0 Å². The van der Waals surface area contributed by atoms with Gasteiger partial charge in [-0.15, -0.1) is 0 Å². The number of nitrogen functional groups attached to an aromatic ring is 1. The highest BCUT2D eigenvalue weighted by atomic mass is 79.9. The molecule has 0 atom stereocenters. The molecule has 5 heteroatoms. The summed E-state index contributed by atoms with van der Waals surface area (Å²) in [6.45, 7) is 0.463. The maximum Gasteiger partial charge on any atom is 0.128 e. The number of amidine groups is 1. The standard InChI is InChI=1S/C15H15BrFN3/c1-20(9-11-8-12(16)4-7-14(11)17)13-5-2-10(3-6-13)15(18)19/h2-8H,9H2,1H3,(H3,18,19). The zero-order chi connectivity index (χ0) is 14.7. The molecule has 0 amide bonds. The highest BCUT2D eigenvalue weighted by Crippen LogP contribution is 2.20. The van der Waals surface area contributed by atoms with Gasteiger partial charge in [-0.05, 0) is 42.5 Å². The third-order valence-electron chi connectivity index (χ3n) is 3.03. The third kappa shape index (κ3) is 3.36. The Morgan fingerprint density at radius 1 is 1.25 bits per heavy atom. The molecule has 0 bridgehead atoms. The lowest BCUT2D eigenvalue weighted by molar-refractivity contribution is 0.607. The molecule has 2 rings (SSSR count). The van der Waals surface area contributed by atoms with Crippen molar-refractivity contribution >= 4 is 27.5 Å². The van der Waals surface area contributed by atoms with Crippen molar-refractivity contribution in [1.82, 2.24) is 0 Å². The van der Waals surface area contributed by atoms with Crippen LogP contribution >= 0.6 is 15.9 Å². The molecule has 2 aromatic carbocycles. The van der Waals surface area contributed by atoms with Crippen LogP contribution < -0.4 is 10.6 Å². The van der Waals surface area contributed by atoms with Crippen molar-refractivity contribution in [3.8, 4) is 0 Å². The number of rotatable bonds is 4. The first-order valence-corrected chi connectivity index (χ1v) is 6.86. The van der Waals surface area contributed by atoms with E-state index in [4.69, 9.17) is 11.1 Å². The van der Waals surface area contributed by atoms with E-state index in [0.29, 0.717) is 17.7 Å². The van der Waals surface area contributed by atoms with Crippen molar-refractivity contribution in [1.29, 1.82) is 5.41 Å². The van der Waals surface area contributed by atoms with Gasteiger partial charge >= 0.3 is 0 Å². The monoisotopic (exact) mass is 335 g/mol. The number of halogens is 2. The first-order valence-electron chi connectivity index (χ1n) is 6.07. The molecule has 104 valence electrons. The molecule has 0 aliphatic heterocycles. The Balaban J connectivity index is 2.17. The van der Waals surface area contributed by atoms with Crippen molar-refractivity contribution in [2.45, 2.75) is 6.54 Å². The molecule has 0 fully saturated rings. The molecule has 3 nitrogen and oxygen atoms in total. The highest BCUT2D eigenvalue weighted by Gasteiger charge is 2.08.